The topological polar surface area (TPSA) is 128 Å². The van der Waals surface area contributed by atoms with Gasteiger partial charge in [-0.15, -0.1) is 0 Å². The van der Waals surface area contributed by atoms with Crippen LogP contribution in [0.2, 0.25) is 0 Å². The molecule has 0 saturated carbocycles. The molecular weight excluding hydrogens is 486 g/mol. The van der Waals surface area contributed by atoms with Gasteiger partial charge in [-0.05, 0) is 62.4 Å². The highest BCUT2D eigenvalue weighted by atomic mass is 32.2. The van der Waals surface area contributed by atoms with Gasteiger partial charge in [-0.1, -0.05) is 12.1 Å². The van der Waals surface area contributed by atoms with Gasteiger partial charge in [-0.2, -0.15) is 5.10 Å². The number of hydrazone groups is 1. The maximum atomic E-state index is 12.7. The van der Waals surface area contributed by atoms with Crippen molar-refractivity contribution < 1.29 is 31.9 Å². The zero-order valence-corrected chi connectivity index (χ0v) is 21.1. The summed E-state index contributed by atoms with van der Waals surface area (Å²) < 4.78 is 41.6. The number of benzene rings is 2. The largest absolute Gasteiger partial charge is 0.497 e. The molecule has 0 unspecified atom stereocenters. The van der Waals surface area contributed by atoms with E-state index in [1.54, 1.807) is 67.6 Å². The van der Waals surface area contributed by atoms with E-state index in [1.807, 2.05) is 0 Å². The van der Waals surface area contributed by atoms with Crippen LogP contribution in [0.4, 0.5) is 5.69 Å². The number of furan rings is 1. The van der Waals surface area contributed by atoms with Crippen molar-refractivity contribution in [3.8, 4) is 17.1 Å². The van der Waals surface area contributed by atoms with Crippen LogP contribution in [0, 0.1) is 0 Å². The van der Waals surface area contributed by atoms with Gasteiger partial charge >= 0.3 is 5.97 Å². The van der Waals surface area contributed by atoms with Crippen molar-refractivity contribution in [2.24, 2.45) is 5.10 Å². The lowest BCUT2D eigenvalue weighted by Gasteiger charge is -2.27. The Morgan fingerprint density at radius 3 is 2.33 bits per heavy atom. The molecule has 1 amide bonds. The summed E-state index contributed by atoms with van der Waals surface area (Å²) in [6, 6.07) is 15.4. The molecule has 1 atom stereocenters. The number of anilines is 1. The zero-order chi connectivity index (χ0) is 26.3. The van der Waals surface area contributed by atoms with Gasteiger partial charge in [0.2, 0.25) is 10.0 Å². The van der Waals surface area contributed by atoms with Gasteiger partial charge in [0.05, 0.1) is 37.4 Å². The third-order valence-corrected chi connectivity index (χ3v) is 6.33. The normalized spacial score (nSPS) is 12.2. The highest BCUT2D eigenvalue weighted by Crippen LogP contribution is 2.24. The number of esters is 1. The third kappa shape index (κ3) is 6.51. The van der Waals surface area contributed by atoms with Gasteiger partial charge in [-0.25, -0.2) is 18.6 Å². The van der Waals surface area contributed by atoms with Crippen LogP contribution >= 0.6 is 0 Å². The summed E-state index contributed by atoms with van der Waals surface area (Å²) in [4.78, 5) is 24.4. The molecule has 0 bridgehead atoms. The Labute approximate surface area is 209 Å². The first-order valence-corrected chi connectivity index (χ1v) is 12.8. The molecule has 1 N–H and O–H groups in total. The average molecular weight is 514 g/mol. The Hall–Kier alpha value is -4.12. The van der Waals surface area contributed by atoms with E-state index < -0.39 is 27.9 Å². The van der Waals surface area contributed by atoms with E-state index in [4.69, 9.17) is 13.9 Å². The molecule has 0 fully saturated rings. The second-order valence-corrected chi connectivity index (χ2v) is 9.53. The zero-order valence-electron chi connectivity index (χ0n) is 20.3. The Morgan fingerprint density at radius 1 is 1.08 bits per heavy atom. The molecule has 36 heavy (non-hydrogen) atoms. The quantitative estimate of drug-likeness (QED) is 0.250. The van der Waals surface area contributed by atoms with Crippen LogP contribution in [0.15, 0.2) is 70.2 Å². The SMILES string of the molecule is CCOC(=O)c1ccc(-c2ccc(/C=N\NC(=O)[C@@H](C)N(c3ccc(OC)cc3)S(C)(=O)=O)o2)cc1. The van der Waals surface area contributed by atoms with E-state index >= 15 is 0 Å². The standard InChI is InChI=1S/C25H27N3O7S/c1-5-34-25(30)19-8-6-18(7-9-19)23-15-14-22(35-23)16-26-27-24(29)17(2)28(36(4,31)32)20-10-12-21(33-3)13-11-20/h6-17H,5H2,1-4H3,(H,27,29)/b26-16-/t17-/m1/s1. The molecule has 0 aliphatic carbocycles. The predicted octanol–water partition coefficient (Wildman–Crippen LogP) is 3.44. The van der Waals surface area contributed by atoms with E-state index in [0.29, 0.717) is 35.1 Å². The fourth-order valence-electron chi connectivity index (χ4n) is 3.35. The van der Waals surface area contributed by atoms with Crippen LogP contribution < -0.4 is 14.5 Å². The van der Waals surface area contributed by atoms with E-state index in [2.05, 4.69) is 10.5 Å². The second-order valence-electron chi connectivity index (χ2n) is 7.67. The first kappa shape index (κ1) is 26.5. The Kier molecular flexibility index (Phi) is 8.49. The molecule has 3 aromatic rings. The molecule has 2 aromatic carbocycles. The van der Waals surface area contributed by atoms with Crippen molar-refractivity contribution in [3.05, 3.63) is 72.0 Å². The minimum absolute atomic E-state index is 0.296. The first-order valence-electron chi connectivity index (χ1n) is 11.0. The number of ether oxygens (including phenoxy) is 2. The summed E-state index contributed by atoms with van der Waals surface area (Å²) in [5, 5.41) is 3.89. The monoisotopic (exact) mass is 513 g/mol. The Balaban J connectivity index is 1.66. The summed E-state index contributed by atoms with van der Waals surface area (Å²) in [5.41, 5.74) is 3.83. The summed E-state index contributed by atoms with van der Waals surface area (Å²) in [7, 11) is -2.26. The molecule has 0 spiro atoms. The smallest absolute Gasteiger partial charge is 0.338 e. The van der Waals surface area contributed by atoms with Crippen LogP contribution in [-0.4, -0.2) is 52.5 Å². The van der Waals surface area contributed by atoms with Crippen LogP contribution in [0.1, 0.15) is 30.0 Å². The molecular formula is C25H27N3O7S. The lowest BCUT2D eigenvalue weighted by molar-refractivity contribution is -0.121. The van der Waals surface area contributed by atoms with Crippen molar-refractivity contribution in [2.45, 2.75) is 19.9 Å². The highest BCUT2D eigenvalue weighted by molar-refractivity contribution is 7.92. The number of carbonyl (C=O) groups excluding carboxylic acids is 2. The fourth-order valence-corrected chi connectivity index (χ4v) is 4.53. The molecule has 0 radical (unpaired) electrons. The highest BCUT2D eigenvalue weighted by Gasteiger charge is 2.29. The number of nitrogens with zero attached hydrogens (tertiary/aromatic N) is 2. The van der Waals surface area contributed by atoms with Crippen molar-refractivity contribution in [2.75, 3.05) is 24.3 Å². The van der Waals surface area contributed by atoms with E-state index in [-0.39, 0.29) is 0 Å². The number of carbonyl (C=O) groups is 2. The van der Waals surface area contributed by atoms with Crippen molar-refractivity contribution in [1.29, 1.82) is 0 Å². The molecule has 0 saturated heterocycles. The molecule has 0 aliphatic heterocycles. The maximum absolute atomic E-state index is 12.7. The number of hydrogen-bond acceptors (Lipinski definition) is 8. The van der Waals surface area contributed by atoms with Crippen LogP contribution in [-0.2, 0) is 19.6 Å². The summed E-state index contributed by atoms with van der Waals surface area (Å²) in [6.45, 7) is 3.50. The molecule has 1 heterocycles. The molecule has 190 valence electrons. The summed E-state index contributed by atoms with van der Waals surface area (Å²) in [6.07, 6.45) is 2.33. The third-order valence-electron chi connectivity index (χ3n) is 5.09. The average Bonchev–Trinajstić information content (AvgIpc) is 3.33. The van der Waals surface area contributed by atoms with Crippen LogP contribution in [0.3, 0.4) is 0 Å². The van der Waals surface area contributed by atoms with Gasteiger partial charge < -0.3 is 13.9 Å². The Bertz CT molecular complexity index is 1330. The second kappa shape index (κ2) is 11.5. The predicted molar refractivity (Wildman–Crippen MR) is 136 cm³/mol. The number of amides is 1. The van der Waals surface area contributed by atoms with Crippen molar-refractivity contribution in [1.82, 2.24) is 5.43 Å². The van der Waals surface area contributed by atoms with Crippen molar-refractivity contribution in [3.63, 3.8) is 0 Å². The molecule has 1 aromatic heterocycles. The minimum atomic E-state index is -3.77. The van der Waals surface area contributed by atoms with Crippen LogP contribution in [0.5, 0.6) is 5.75 Å². The van der Waals surface area contributed by atoms with Crippen molar-refractivity contribution >= 4 is 33.8 Å². The maximum Gasteiger partial charge on any atom is 0.338 e. The van der Waals surface area contributed by atoms with Gasteiger partial charge in [0.25, 0.3) is 5.91 Å². The van der Waals surface area contributed by atoms with Gasteiger partial charge in [0.1, 0.15) is 23.3 Å². The number of hydrogen-bond donors (Lipinski definition) is 1. The number of methoxy groups -OCH3 is 1. The van der Waals surface area contributed by atoms with E-state index in [9.17, 15) is 18.0 Å². The number of sulfonamides is 1. The summed E-state index contributed by atoms with van der Waals surface area (Å²) >= 11 is 0. The number of nitrogens with one attached hydrogen (secondary N) is 1. The lowest BCUT2D eigenvalue weighted by Crippen LogP contribution is -2.46. The molecule has 0 aliphatic rings. The lowest BCUT2D eigenvalue weighted by atomic mass is 10.1. The molecule has 10 nitrogen and oxygen atoms in total. The fraction of sp³-hybridized carbons (Fsp3) is 0.240. The molecule has 3 rings (SSSR count). The van der Waals surface area contributed by atoms with Gasteiger partial charge in [-0.3, -0.25) is 9.10 Å². The summed E-state index contributed by atoms with van der Waals surface area (Å²) in [5.74, 6) is 0.426. The van der Waals surface area contributed by atoms with Gasteiger partial charge in [0, 0.05) is 5.56 Å². The molecule has 11 heteroatoms. The minimum Gasteiger partial charge on any atom is -0.497 e. The Morgan fingerprint density at radius 2 is 1.75 bits per heavy atom. The van der Waals surface area contributed by atoms with E-state index in [1.165, 1.54) is 20.2 Å². The van der Waals surface area contributed by atoms with E-state index in [0.717, 1.165) is 16.1 Å². The van der Waals surface area contributed by atoms with Gasteiger partial charge in [0.15, 0.2) is 0 Å². The van der Waals surface area contributed by atoms with Crippen LogP contribution in [0.25, 0.3) is 11.3 Å². The number of rotatable bonds is 10. The first-order chi connectivity index (χ1) is 17.1.